The van der Waals surface area contributed by atoms with Gasteiger partial charge in [0.05, 0.1) is 0 Å². The highest BCUT2D eigenvalue weighted by molar-refractivity contribution is 6.41. The Hall–Kier alpha value is -4.36. The monoisotopic (exact) mass is 546 g/mol. The molecule has 0 saturated heterocycles. The van der Waals surface area contributed by atoms with E-state index in [1.165, 1.54) is 9.80 Å². The normalized spacial score (nSPS) is 16.0. The lowest BCUT2D eigenvalue weighted by atomic mass is 9.82. The number of imide groups is 2. The van der Waals surface area contributed by atoms with Crippen molar-refractivity contribution >= 4 is 66.7 Å². The Balaban J connectivity index is 1.48. The lowest BCUT2D eigenvalue weighted by Crippen LogP contribution is -2.46. The van der Waals surface area contributed by atoms with Gasteiger partial charge in [0.1, 0.15) is 0 Å². The Morgan fingerprint density at radius 1 is 0.610 bits per heavy atom. The summed E-state index contributed by atoms with van der Waals surface area (Å²) < 4.78 is 5.13. The molecular weight excluding hydrogens is 516 g/mol. The van der Waals surface area contributed by atoms with Crippen LogP contribution >= 0.6 is 0 Å². The summed E-state index contributed by atoms with van der Waals surface area (Å²) in [5, 5.41) is 6.63. The van der Waals surface area contributed by atoms with Gasteiger partial charge >= 0.3 is 0 Å². The molecule has 0 aliphatic carbocycles. The van der Waals surface area contributed by atoms with Crippen molar-refractivity contribution in [3.05, 3.63) is 70.8 Å². The first kappa shape index (κ1) is 25.6. The second-order valence-corrected chi connectivity index (χ2v) is 11.7. The molecule has 5 aromatic carbocycles. The Labute approximate surface area is 237 Å². The van der Waals surface area contributed by atoms with Crippen LogP contribution in [0.5, 0.6) is 0 Å². The van der Waals surface area contributed by atoms with Gasteiger partial charge in [-0.2, -0.15) is 0 Å². The van der Waals surface area contributed by atoms with Crippen molar-refractivity contribution in [2.24, 2.45) is 5.92 Å². The molecule has 1 atom stereocenters. The van der Waals surface area contributed by atoms with Crippen molar-refractivity contribution in [1.82, 2.24) is 9.80 Å². The first-order valence-corrected chi connectivity index (χ1v) is 14.2. The molecule has 0 saturated carbocycles. The highest BCUT2D eigenvalue weighted by Gasteiger charge is 2.38. The molecule has 206 valence electrons. The van der Waals surface area contributed by atoms with Gasteiger partial charge in [-0.1, -0.05) is 38.1 Å². The van der Waals surface area contributed by atoms with Gasteiger partial charge in [-0.3, -0.25) is 29.0 Å². The third kappa shape index (κ3) is 3.42. The summed E-state index contributed by atoms with van der Waals surface area (Å²) in [4.78, 5) is 57.3. The summed E-state index contributed by atoms with van der Waals surface area (Å²) >= 11 is 0. The standard InChI is InChI=1S/C34H30N2O5/c1-17(2)16-18(3)36-33(39)25-12-8-21-19-6-10-23-29-24(32(38)35(31(23)37)14-5-15-41-4)11-7-20(27(19)29)22-9-13-26(34(36)40)30(25)28(21)22/h6-13,17-18H,5,14-16H2,1-4H3. The molecule has 0 fully saturated rings. The van der Waals surface area contributed by atoms with Crippen LogP contribution in [0, 0.1) is 5.92 Å². The summed E-state index contributed by atoms with van der Waals surface area (Å²) in [6, 6.07) is 14.8. The van der Waals surface area contributed by atoms with Crippen LogP contribution in [0.2, 0.25) is 0 Å². The molecular formula is C34H30N2O5. The highest BCUT2D eigenvalue weighted by atomic mass is 16.5. The zero-order valence-electron chi connectivity index (χ0n) is 23.5. The third-order valence-corrected chi connectivity index (χ3v) is 8.73. The average Bonchev–Trinajstić information content (AvgIpc) is 2.95. The average molecular weight is 547 g/mol. The predicted octanol–water partition coefficient (Wildman–Crippen LogP) is 6.40. The van der Waals surface area contributed by atoms with E-state index < -0.39 is 0 Å². The van der Waals surface area contributed by atoms with E-state index in [0.717, 1.165) is 38.7 Å². The van der Waals surface area contributed by atoms with Crippen molar-refractivity contribution in [3.63, 3.8) is 0 Å². The number of rotatable bonds is 7. The molecule has 7 rings (SSSR count). The summed E-state index contributed by atoms with van der Waals surface area (Å²) in [7, 11) is 1.60. The van der Waals surface area contributed by atoms with Crippen LogP contribution in [0.4, 0.5) is 0 Å². The van der Waals surface area contributed by atoms with Crippen LogP contribution in [-0.2, 0) is 4.74 Å². The van der Waals surface area contributed by atoms with Gasteiger partial charge in [0.2, 0.25) is 0 Å². The molecule has 2 aliphatic heterocycles. The zero-order chi connectivity index (χ0) is 28.7. The molecule has 2 heterocycles. The smallest absolute Gasteiger partial charge is 0.261 e. The van der Waals surface area contributed by atoms with Gasteiger partial charge in [-0.25, -0.2) is 0 Å². The quantitative estimate of drug-likeness (QED) is 0.102. The number of amides is 4. The van der Waals surface area contributed by atoms with Crippen LogP contribution in [-0.4, -0.2) is 59.7 Å². The minimum absolute atomic E-state index is 0.216. The summed E-state index contributed by atoms with van der Waals surface area (Å²) in [6.07, 6.45) is 1.29. The van der Waals surface area contributed by atoms with Crippen molar-refractivity contribution < 1.29 is 23.9 Å². The first-order valence-electron chi connectivity index (χ1n) is 14.2. The molecule has 5 aromatic rings. The van der Waals surface area contributed by atoms with Crippen LogP contribution < -0.4 is 0 Å². The van der Waals surface area contributed by atoms with Crippen molar-refractivity contribution in [1.29, 1.82) is 0 Å². The van der Waals surface area contributed by atoms with Gasteiger partial charge < -0.3 is 4.74 Å². The number of hydrogen-bond acceptors (Lipinski definition) is 5. The number of carbonyl (C=O) groups is 4. The predicted molar refractivity (Wildman–Crippen MR) is 159 cm³/mol. The van der Waals surface area contributed by atoms with E-state index in [2.05, 4.69) is 13.8 Å². The van der Waals surface area contributed by atoms with E-state index in [9.17, 15) is 19.2 Å². The fourth-order valence-corrected chi connectivity index (χ4v) is 7.09. The molecule has 0 radical (unpaired) electrons. The molecule has 0 aromatic heterocycles. The van der Waals surface area contributed by atoms with Gasteiger partial charge in [-0.05, 0) is 82.3 Å². The molecule has 4 amide bonds. The molecule has 41 heavy (non-hydrogen) atoms. The largest absolute Gasteiger partial charge is 0.385 e. The third-order valence-electron chi connectivity index (χ3n) is 8.73. The number of fused-ring (bicyclic) bond motifs is 2. The fourth-order valence-electron chi connectivity index (χ4n) is 7.09. The summed E-state index contributed by atoms with van der Waals surface area (Å²) in [5.41, 5.74) is 2.07. The molecule has 1 unspecified atom stereocenters. The maximum atomic E-state index is 13.8. The van der Waals surface area contributed by atoms with E-state index in [4.69, 9.17) is 4.74 Å². The molecule has 0 spiro atoms. The second-order valence-electron chi connectivity index (χ2n) is 11.7. The number of carbonyl (C=O) groups excluding carboxylic acids is 4. The second kappa shape index (κ2) is 9.08. The highest BCUT2D eigenvalue weighted by Crippen LogP contribution is 2.46. The van der Waals surface area contributed by atoms with E-state index in [1.807, 2.05) is 43.3 Å². The fraction of sp³-hybridized carbons (Fsp3) is 0.294. The Kier molecular flexibility index (Phi) is 5.67. The van der Waals surface area contributed by atoms with Gasteiger partial charge in [0.25, 0.3) is 23.6 Å². The minimum atomic E-state index is -0.301. The number of methoxy groups -OCH3 is 1. The van der Waals surface area contributed by atoms with E-state index >= 15 is 0 Å². The lowest BCUT2D eigenvalue weighted by Gasteiger charge is -2.33. The molecule has 2 aliphatic rings. The topological polar surface area (TPSA) is 84.0 Å². The van der Waals surface area contributed by atoms with Crippen molar-refractivity contribution in [3.8, 4) is 0 Å². The van der Waals surface area contributed by atoms with Crippen molar-refractivity contribution in [2.45, 2.75) is 39.7 Å². The molecule has 7 nitrogen and oxygen atoms in total. The maximum Gasteiger partial charge on any atom is 0.261 e. The van der Waals surface area contributed by atoms with Crippen LogP contribution in [0.25, 0.3) is 43.1 Å². The first-order chi connectivity index (χ1) is 19.7. The Morgan fingerprint density at radius 3 is 1.41 bits per heavy atom. The number of benzene rings is 5. The lowest BCUT2D eigenvalue weighted by molar-refractivity contribution is 0.0531. The van der Waals surface area contributed by atoms with Crippen LogP contribution in [0.15, 0.2) is 48.5 Å². The summed E-state index contributed by atoms with van der Waals surface area (Å²) in [6.45, 7) is 6.85. The maximum absolute atomic E-state index is 13.8. The molecule has 0 bridgehead atoms. The van der Waals surface area contributed by atoms with Crippen molar-refractivity contribution in [2.75, 3.05) is 20.3 Å². The SMILES string of the molecule is COCCCN1C(=O)c2ccc3c4ccc5c6c(ccc(c7ccc(c2c37)C1=O)c64)C(=O)N(C(C)CC(C)C)C5=O. The van der Waals surface area contributed by atoms with E-state index in [-0.39, 0.29) is 29.7 Å². The molecule has 0 N–H and O–H groups in total. The summed E-state index contributed by atoms with van der Waals surface area (Å²) in [5.74, 6) is -0.784. The Bertz CT molecular complexity index is 1850. The van der Waals surface area contributed by atoms with Gasteiger partial charge in [-0.15, -0.1) is 0 Å². The van der Waals surface area contributed by atoms with Crippen LogP contribution in [0.1, 0.15) is 75.0 Å². The number of hydrogen-bond donors (Lipinski definition) is 0. The minimum Gasteiger partial charge on any atom is -0.385 e. The zero-order valence-corrected chi connectivity index (χ0v) is 23.5. The number of ether oxygens (including phenoxy) is 1. The Morgan fingerprint density at radius 2 is 1.02 bits per heavy atom. The van der Waals surface area contributed by atoms with E-state index in [1.54, 1.807) is 19.2 Å². The van der Waals surface area contributed by atoms with Gasteiger partial charge in [0, 0.05) is 59.3 Å². The van der Waals surface area contributed by atoms with Crippen LogP contribution in [0.3, 0.4) is 0 Å². The number of nitrogens with zero attached hydrogens (tertiary/aromatic N) is 2. The van der Waals surface area contributed by atoms with E-state index in [0.29, 0.717) is 58.5 Å². The van der Waals surface area contributed by atoms with Gasteiger partial charge in [0.15, 0.2) is 0 Å². The molecule has 7 heteroatoms.